The number of carbonyl (C=O) groups is 2. The van der Waals surface area contributed by atoms with Crippen LogP contribution in [0, 0.1) is 27.9 Å². The number of non-ortho nitro benzene ring substituents is 1. The van der Waals surface area contributed by atoms with Crippen LogP contribution in [-0.2, 0) is 19.1 Å². The largest absolute Gasteiger partial charge is 0.465 e. The van der Waals surface area contributed by atoms with E-state index >= 15 is 0 Å². The first-order valence-electron chi connectivity index (χ1n) is 10.4. The van der Waals surface area contributed by atoms with Gasteiger partial charge in [0.1, 0.15) is 5.92 Å². The van der Waals surface area contributed by atoms with Crippen molar-refractivity contribution in [2.24, 2.45) is 22.7 Å². The lowest BCUT2D eigenvalue weighted by Gasteiger charge is -2.31. The minimum atomic E-state index is -0.883. The fraction of sp³-hybridized carbons (Fsp3) is 0.522. The van der Waals surface area contributed by atoms with Crippen molar-refractivity contribution in [2.45, 2.75) is 47.5 Å². The van der Waals surface area contributed by atoms with Gasteiger partial charge in [0.15, 0.2) is 0 Å². The smallest absolute Gasteiger partial charge is 0.336 e. The van der Waals surface area contributed by atoms with Crippen LogP contribution in [0.1, 0.15) is 53.0 Å². The standard InChI is InChI=1S/C23H30N2O6/c1-13(2)11-30-22(26)19-15(5)24-16(6)20(23(27)31-12-14(3)4)21(19)17-8-7-9-18(10-17)25(28)29/h7-10,13-14,19,21H,11-12H2,1-6H3. The van der Waals surface area contributed by atoms with E-state index in [1.165, 1.54) is 18.2 Å². The summed E-state index contributed by atoms with van der Waals surface area (Å²) in [4.78, 5) is 41.3. The van der Waals surface area contributed by atoms with Gasteiger partial charge >= 0.3 is 11.9 Å². The number of hydrogen-bond acceptors (Lipinski definition) is 7. The van der Waals surface area contributed by atoms with Gasteiger partial charge in [-0.1, -0.05) is 39.8 Å². The van der Waals surface area contributed by atoms with Crippen LogP contribution >= 0.6 is 0 Å². The second-order valence-electron chi connectivity index (χ2n) is 8.58. The van der Waals surface area contributed by atoms with Crippen LogP contribution in [0.15, 0.2) is 40.5 Å². The molecule has 1 heterocycles. The molecule has 1 aromatic rings. The minimum absolute atomic E-state index is 0.125. The predicted octanol–water partition coefficient (Wildman–Crippen LogP) is 4.44. The molecule has 1 aliphatic rings. The van der Waals surface area contributed by atoms with Crippen molar-refractivity contribution in [3.8, 4) is 0 Å². The van der Waals surface area contributed by atoms with Gasteiger partial charge in [0.25, 0.3) is 5.69 Å². The Morgan fingerprint density at radius 3 is 2.29 bits per heavy atom. The van der Waals surface area contributed by atoms with E-state index in [0.717, 1.165) is 0 Å². The van der Waals surface area contributed by atoms with E-state index in [1.807, 2.05) is 27.7 Å². The fourth-order valence-electron chi connectivity index (χ4n) is 3.46. The van der Waals surface area contributed by atoms with E-state index in [1.54, 1.807) is 19.9 Å². The van der Waals surface area contributed by atoms with Crippen molar-refractivity contribution in [3.05, 3.63) is 51.2 Å². The molecule has 0 spiro atoms. The molecule has 1 aromatic carbocycles. The van der Waals surface area contributed by atoms with Crippen molar-refractivity contribution in [2.75, 3.05) is 13.2 Å². The molecule has 1 aliphatic heterocycles. The first-order valence-corrected chi connectivity index (χ1v) is 10.4. The summed E-state index contributed by atoms with van der Waals surface area (Å²) < 4.78 is 10.9. The lowest BCUT2D eigenvalue weighted by molar-refractivity contribution is -0.384. The van der Waals surface area contributed by atoms with Gasteiger partial charge in [-0.3, -0.25) is 19.9 Å². The molecule has 31 heavy (non-hydrogen) atoms. The molecule has 0 N–H and O–H groups in total. The molecule has 0 amide bonds. The zero-order valence-corrected chi connectivity index (χ0v) is 18.9. The second-order valence-corrected chi connectivity index (χ2v) is 8.58. The molecule has 0 aliphatic carbocycles. The molecule has 0 radical (unpaired) electrons. The third-order valence-electron chi connectivity index (χ3n) is 4.85. The van der Waals surface area contributed by atoms with E-state index in [-0.39, 0.29) is 36.3 Å². The van der Waals surface area contributed by atoms with Gasteiger partial charge in [0.05, 0.1) is 23.7 Å². The zero-order chi connectivity index (χ0) is 23.3. The summed E-state index contributed by atoms with van der Waals surface area (Å²) in [7, 11) is 0. The lowest BCUT2D eigenvalue weighted by atomic mass is 9.75. The maximum absolute atomic E-state index is 13.0. The number of ether oxygens (including phenoxy) is 2. The highest BCUT2D eigenvalue weighted by molar-refractivity contribution is 6.07. The molecule has 8 nitrogen and oxygen atoms in total. The fourth-order valence-corrected chi connectivity index (χ4v) is 3.46. The van der Waals surface area contributed by atoms with E-state index in [2.05, 4.69) is 4.99 Å². The summed E-state index contributed by atoms with van der Waals surface area (Å²) in [6.45, 7) is 11.5. The predicted molar refractivity (Wildman–Crippen MR) is 117 cm³/mol. The Morgan fingerprint density at radius 1 is 1.10 bits per heavy atom. The van der Waals surface area contributed by atoms with Crippen molar-refractivity contribution in [1.82, 2.24) is 0 Å². The van der Waals surface area contributed by atoms with Crippen LogP contribution in [0.25, 0.3) is 0 Å². The number of allylic oxidation sites excluding steroid dienone is 1. The van der Waals surface area contributed by atoms with Gasteiger partial charge in [0, 0.05) is 29.5 Å². The maximum atomic E-state index is 13.0. The third-order valence-corrected chi connectivity index (χ3v) is 4.85. The molecule has 168 valence electrons. The molecule has 0 saturated heterocycles. The molecule has 2 atom stereocenters. The normalized spacial score (nSPS) is 18.8. The maximum Gasteiger partial charge on any atom is 0.336 e. The molecule has 0 bridgehead atoms. The molecule has 2 rings (SSSR count). The number of aliphatic imine (C=N–C) groups is 1. The van der Waals surface area contributed by atoms with Crippen LogP contribution in [0.4, 0.5) is 5.69 Å². The van der Waals surface area contributed by atoms with Crippen molar-refractivity contribution in [1.29, 1.82) is 0 Å². The average molecular weight is 431 g/mol. The van der Waals surface area contributed by atoms with Crippen LogP contribution in [0.2, 0.25) is 0 Å². The Bertz CT molecular complexity index is 916. The zero-order valence-electron chi connectivity index (χ0n) is 18.9. The van der Waals surface area contributed by atoms with Crippen molar-refractivity contribution in [3.63, 3.8) is 0 Å². The van der Waals surface area contributed by atoms with Crippen LogP contribution in [0.3, 0.4) is 0 Å². The Kier molecular flexibility index (Phi) is 8.08. The Morgan fingerprint density at radius 2 is 1.71 bits per heavy atom. The molecule has 0 fully saturated rings. The van der Waals surface area contributed by atoms with E-state index < -0.39 is 28.7 Å². The number of nitro benzene ring substituents is 1. The molecular formula is C23H30N2O6. The van der Waals surface area contributed by atoms with Crippen LogP contribution in [0.5, 0.6) is 0 Å². The first kappa shape index (κ1) is 24.2. The molecular weight excluding hydrogens is 400 g/mol. The number of benzene rings is 1. The Balaban J connectivity index is 2.58. The molecule has 0 saturated carbocycles. The summed E-state index contributed by atoms with van der Waals surface area (Å²) in [6.07, 6.45) is 0. The Labute approximate surface area is 182 Å². The van der Waals surface area contributed by atoms with E-state index in [9.17, 15) is 19.7 Å². The molecule has 0 aromatic heterocycles. The van der Waals surface area contributed by atoms with Crippen LogP contribution in [-0.4, -0.2) is 35.8 Å². The number of nitrogens with zero attached hydrogens (tertiary/aromatic N) is 2. The summed E-state index contributed by atoms with van der Waals surface area (Å²) in [5, 5.41) is 11.3. The van der Waals surface area contributed by atoms with Crippen molar-refractivity contribution >= 4 is 23.3 Å². The van der Waals surface area contributed by atoms with Gasteiger partial charge in [-0.05, 0) is 31.2 Å². The van der Waals surface area contributed by atoms with Gasteiger partial charge < -0.3 is 9.47 Å². The summed E-state index contributed by atoms with van der Waals surface area (Å²) >= 11 is 0. The Hall–Kier alpha value is -3.03. The highest BCUT2D eigenvalue weighted by Gasteiger charge is 2.43. The van der Waals surface area contributed by atoms with Gasteiger partial charge in [-0.25, -0.2) is 4.79 Å². The number of nitro groups is 1. The lowest BCUT2D eigenvalue weighted by Crippen LogP contribution is -2.37. The average Bonchev–Trinajstić information content (AvgIpc) is 2.69. The first-order chi connectivity index (χ1) is 14.5. The summed E-state index contributed by atoms with van der Waals surface area (Å²) in [5.74, 6) is -2.52. The third kappa shape index (κ3) is 5.99. The molecule has 2 unspecified atom stereocenters. The monoisotopic (exact) mass is 430 g/mol. The topological polar surface area (TPSA) is 108 Å². The molecule has 8 heteroatoms. The van der Waals surface area contributed by atoms with E-state index in [0.29, 0.717) is 17.0 Å². The highest BCUT2D eigenvalue weighted by atomic mass is 16.6. The minimum Gasteiger partial charge on any atom is -0.465 e. The second kappa shape index (κ2) is 10.3. The van der Waals surface area contributed by atoms with Gasteiger partial charge in [0.2, 0.25) is 0 Å². The summed E-state index contributed by atoms with van der Waals surface area (Å²) in [5.41, 5.74) is 1.47. The van der Waals surface area contributed by atoms with Crippen molar-refractivity contribution < 1.29 is 24.0 Å². The van der Waals surface area contributed by atoms with Crippen LogP contribution < -0.4 is 0 Å². The van der Waals surface area contributed by atoms with Gasteiger partial charge in [-0.15, -0.1) is 0 Å². The van der Waals surface area contributed by atoms with Gasteiger partial charge in [-0.2, -0.15) is 0 Å². The summed E-state index contributed by atoms with van der Waals surface area (Å²) in [6, 6.07) is 5.96. The number of hydrogen-bond donors (Lipinski definition) is 0. The highest BCUT2D eigenvalue weighted by Crippen LogP contribution is 2.41. The number of rotatable bonds is 8. The quantitative estimate of drug-likeness (QED) is 0.343. The SMILES string of the molecule is CC1=NC(C)=C(C(=O)OCC(C)C)C(c2cccc([N+](=O)[O-])c2)C1C(=O)OCC(C)C. The number of carbonyl (C=O) groups excluding carboxylic acids is 2. The van der Waals surface area contributed by atoms with E-state index in [4.69, 9.17) is 9.47 Å². The number of esters is 2.